The zero-order valence-electron chi connectivity index (χ0n) is 14.1. The summed E-state index contributed by atoms with van der Waals surface area (Å²) in [6, 6.07) is 8.24. The Hall–Kier alpha value is -3.29. The van der Waals surface area contributed by atoms with Gasteiger partial charge in [-0.15, -0.1) is 0 Å². The number of ether oxygens (including phenoxy) is 5. The van der Waals surface area contributed by atoms with Crippen molar-refractivity contribution in [1.82, 2.24) is 0 Å². The quantitative estimate of drug-likeness (QED) is 0.355. The zero-order valence-corrected chi connectivity index (χ0v) is 14.1. The monoisotopic (exact) mass is 364 g/mol. The van der Waals surface area contributed by atoms with E-state index in [2.05, 4.69) is 22.6 Å². The molecule has 1 unspecified atom stereocenters. The molecule has 0 saturated heterocycles. The summed E-state index contributed by atoms with van der Waals surface area (Å²) in [4.78, 5) is 34.8. The molecule has 0 bridgehead atoms. The van der Waals surface area contributed by atoms with E-state index in [1.165, 1.54) is 12.2 Å². The lowest BCUT2D eigenvalue weighted by molar-refractivity contribution is -0.0376. The molecule has 1 rings (SSSR count). The van der Waals surface area contributed by atoms with Gasteiger partial charge in [0.05, 0.1) is 5.56 Å². The molecule has 0 radical (unpaired) electrons. The van der Waals surface area contributed by atoms with Gasteiger partial charge in [0.1, 0.15) is 26.4 Å². The van der Waals surface area contributed by atoms with Crippen molar-refractivity contribution in [2.45, 2.75) is 6.10 Å². The first-order chi connectivity index (χ1) is 12.6. The maximum Gasteiger partial charge on any atom is 0.509 e. The first-order valence-electron chi connectivity index (χ1n) is 7.63. The van der Waals surface area contributed by atoms with Gasteiger partial charge in [-0.25, -0.2) is 14.4 Å². The van der Waals surface area contributed by atoms with Crippen molar-refractivity contribution in [2.24, 2.45) is 0 Å². The molecule has 0 aromatic heterocycles. The Labute approximate surface area is 150 Å². The van der Waals surface area contributed by atoms with Crippen LogP contribution in [0.5, 0.6) is 0 Å². The Morgan fingerprint density at radius 2 is 1.42 bits per heavy atom. The summed E-state index contributed by atoms with van der Waals surface area (Å²) in [7, 11) is 0. The molecule has 0 fully saturated rings. The molecule has 0 aliphatic rings. The molecule has 0 heterocycles. The fourth-order valence-corrected chi connectivity index (χ4v) is 1.57. The van der Waals surface area contributed by atoms with Gasteiger partial charge in [-0.2, -0.15) is 0 Å². The molecule has 0 spiro atoms. The van der Waals surface area contributed by atoms with E-state index in [0.29, 0.717) is 5.56 Å². The third kappa shape index (κ3) is 8.53. The molecule has 140 valence electrons. The van der Waals surface area contributed by atoms with E-state index in [-0.39, 0.29) is 26.4 Å². The van der Waals surface area contributed by atoms with E-state index in [9.17, 15) is 14.4 Å². The van der Waals surface area contributed by atoms with Gasteiger partial charge in [0, 0.05) is 0 Å². The number of esters is 1. The van der Waals surface area contributed by atoms with Gasteiger partial charge in [0.25, 0.3) is 0 Å². The van der Waals surface area contributed by atoms with Gasteiger partial charge in [0.15, 0.2) is 6.10 Å². The molecule has 1 atom stereocenters. The normalized spacial score (nSPS) is 10.8. The van der Waals surface area contributed by atoms with Crippen LogP contribution in [0.1, 0.15) is 10.4 Å². The molecule has 8 nitrogen and oxygen atoms in total. The second-order valence-corrected chi connectivity index (χ2v) is 4.71. The molecule has 0 aliphatic carbocycles. The van der Waals surface area contributed by atoms with Crippen LogP contribution in [0.4, 0.5) is 9.59 Å². The third-order valence-electron chi connectivity index (χ3n) is 2.70. The molecule has 1 aromatic carbocycles. The fourth-order valence-electron chi connectivity index (χ4n) is 1.57. The standard InChI is InChI=1S/C18H20O8/c1-3-10-22-17(20)25-13-15(26-18(21)23-11-4-2)12-24-16(19)14-8-6-5-7-9-14/h3-9,15H,1-2,10-13H2. The summed E-state index contributed by atoms with van der Waals surface area (Å²) in [6.07, 6.45) is -0.351. The SMILES string of the molecule is C=CCOC(=O)OCC(COC(=O)c1ccccc1)OC(=O)OCC=C. The highest BCUT2D eigenvalue weighted by molar-refractivity contribution is 5.89. The van der Waals surface area contributed by atoms with E-state index in [1.807, 2.05) is 0 Å². The van der Waals surface area contributed by atoms with Crippen molar-refractivity contribution in [3.05, 3.63) is 61.2 Å². The van der Waals surface area contributed by atoms with Gasteiger partial charge in [-0.1, -0.05) is 43.5 Å². The summed E-state index contributed by atoms with van der Waals surface area (Å²) in [5, 5.41) is 0. The van der Waals surface area contributed by atoms with Gasteiger partial charge in [0.2, 0.25) is 0 Å². The Bertz CT molecular complexity index is 611. The smallest absolute Gasteiger partial charge is 0.458 e. The van der Waals surface area contributed by atoms with Crippen LogP contribution in [-0.2, 0) is 23.7 Å². The number of hydrogen-bond acceptors (Lipinski definition) is 8. The maximum absolute atomic E-state index is 11.9. The molecule has 1 aromatic rings. The van der Waals surface area contributed by atoms with E-state index in [0.717, 1.165) is 0 Å². The highest BCUT2D eigenvalue weighted by atomic mass is 16.8. The first-order valence-corrected chi connectivity index (χ1v) is 7.63. The third-order valence-corrected chi connectivity index (χ3v) is 2.70. The van der Waals surface area contributed by atoms with Crippen molar-refractivity contribution in [1.29, 1.82) is 0 Å². The molecule has 0 saturated carbocycles. The summed E-state index contributed by atoms with van der Waals surface area (Å²) < 4.78 is 24.1. The van der Waals surface area contributed by atoms with Crippen LogP contribution in [0.25, 0.3) is 0 Å². The Kier molecular flexibility index (Phi) is 9.68. The molecule has 0 N–H and O–H groups in total. The lowest BCUT2D eigenvalue weighted by atomic mass is 10.2. The van der Waals surface area contributed by atoms with E-state index in [1.54, 1.807) is 30.3 Å². The van der Waals surface area contributed by atoms with Crippen LogP contribution < -0.4 is 0 Å². The summed E-state index contributed by atoms with van der Waals surface area (Å²) >= 11 is 0. The molecular weight excluding hydrogens is 344 g/mol. The largest absolute Gasteiger partial charge is 0.509 e. The van der Waals surface area contributed by atoms with Crippen molar-refractivity contribution >= 4 is 18.3 Å². The van der Waals surface area contributed by atoms with Crippen LogP contribution in [0.15, 0.2) is 55.6 Å². The van der Waals surface area contributed by atoms with Gasteiger partial charge in [-0.05, 0) is 12.1 Å². The number of hydrogen-bond donors (Lipinski definition) is 0. The molecule has 0 aliphatic heterocycles. The summed E-state index contributed by atoms with van der Waals surface area (Å²) in [5.41, 5.74) is 0.326. The highest BCUT2D eigenvalue weighted by Crippen LogP contribution is 2.05. The lowest BCUT2D eigenvalue weighted by Crippen LogP contribution is -2.31. The minimum absolute atomic E-state index is 0.0330. The highest BCUT2D eigenvalue weighted by Gasteiger charge is 2.21. The zero-order chi connectivity index (χ0) is 19.2. The lowest BCUT2D eigenvalue weighted by Gasteiger charge is -2.17. The molecule has 8 heteroatoms. The van der Waals surface area contributed by atoms with Crippen LogP contribution in [0.3, 0.4) is 0 Å². The molecular formula is C18H20O8. The minimum atomic E-state index is -1.07. The molecule has 0 amide bonds. The van der Waals surface area contributed by atoms with E-state index >= 15 is 0 Å². The predicted molar refractivity (Wildman–Crippen MR) is 90.6 cm³/mol. The van der Waals surface area contributed by atoms with Gasteiger partial charge in [-0.3, -0.25) is 0 Å². The van der Waals surface area contributed by atoms with E-state index in [4.69, 9.17) is 14.2 Å². The summed E-state index contributed by atoms with van der Waals surface area (Å²) in [6.45, 7) is 5.97. The maximum atomic E-state index is 11.9. The number of rotatable bonds is 10. The first kappa shape index (κ1) is 20.8. The van der Waals surface area contributed by atoms with Crippen molar-refractivity contribution in [2.75, 3.05) is 26.4 Å². The predicted octanol–water partition coefficient (Wildman–Crippen LogP) is 2.89. The number of carbonyl (C=O) groups is 3. The van der Waals surface area contributed by atoms with Crippen LogP contribution in [0, 0.1) is 0 Å². The van der Waals surface area contributed by atoms with Crippen molar-refractivity contribution < 1.29 is 38.1 Å². The summed E-state index contributed by atoms with van der Waals surface area (Å²) in [5.74, 6) is -0.618. The van der Waals surface area contributed by atoms with Crippen molar-refractivity contribution in [3.8, 4) is 0 Å². The Morgan fingerprint density at radius 1 is 0.846 bits per heavy atom. The Balaban J connectivity index is 2.56. The average Bonchev–Trinajstić information content (AvgIpc) is 2.67. The second kappa shape index (κ2) is 12.1. The fraction of sp³-hybridized carbons (Fsp3) is 0.278. The van der Waals surface area contributed by atoms with Crippen LogP contribution in [-0.4, -0.2) is 50.8 Å². The topological polar surface area (TPSA) is 97.4 Å². The average molecular weight is 364 g/mol. The number of benzene rings is 1. The van der Waals surface area contributed by atoms with Gasteiger partial charge >= 0.3 is 18.3 Å². The second-order valence-electron chi connectivity index (χ2n) is 4.71. The van der Waals surface area contributed by atoms with Crippen LogP contribution in [0.2, 0.25) is 0 Å². The minimum Gasteiger partial charge on any atom is -0.458 e. The van der Waals surface area contributed by atoms with E-state index < -0.39 is 24.4 Å². The number of carbonyl (C=O) groups excluding carboxylic acids is 3. The Morgan fingerprint density at radius 3 is 2.04 bits per heavy atom. The van der Waals surface area contributed by atoms with Crippen molar-refractivity contribution in [3.63, 3.8) is 0 Å². The van der Waals surface area contributed by atoms with Crippen LogP contribution >= 0.6 is 0 Å². The molecule has 26 heavy (non-hydrogen) atoms. The van der Waals surface area contributed by atoms with Gasteiger partial charge < -0.3 is 23.7 Å².